The van der Waals surface area contributed by atoms with Crippen LogP contribution in [-0.4, -0.2) is 137 Å². The number of H-pyrrole nitrogens is 1. The van der Waals surface area contributed by atoms with E-state index in [1.54, 1.807) is 11.2 Å². The number of carbonyl (C=O) groups excluding carboxylic acids is 3. The first-order chi connectivity index (χ1) is 23.7. The van der Waals surface area contributed by atoms with Crippen LogP contribution in [0.4, 0.5) is 15.3 Å². The molecule has 49 heavy (non-hydrogen) atoms. The number of aromatic amines is 1. The maximum Gasteiger partial charge on any atom is 0.410 e. The number of benzene rings is 2. The van der Waals surface area contributed by atoms with Crippen LogP contribution < -0.4 is 5.32 Å². The second-order valence-corrected chi connectivity index (χ2v) is 14.4. The second-order valence-electron chi connectivity index (χ2n) is 14.4. The Kier molecular flexibility index (Phi) is 9.77. The number of nitrogens with one attached hydrogen (secondary N) is 2. The molecule has 0 aliphatic carbocycles. The predicted molar refractivity (Wildman–Crippen MR) is 189 cm³/mol. The van der Waals surface area contributed by atoms with Crippen LogP contribution in [0, 0.1) is 6.92 Å². The maximum atomic E-state index is 14.3. The Morgan fingerprint density at radius 3 is 2.37 bits per heavy atom. The first kappa shape index (κ1) is 33.3. The van der Waals surface area contributed by atoms with Crippen molar-refractivity contribution in [2.45, 2.75) is 70.1 Å². The molecule has 4 aliphatic heterocycles. The van der Waals surface area contributed by atoms with Gasteiger partial charge in [-0.05, 0) is 88.0 Å². The van der Waals surface area contributed by atoms with Crippen molar-refractivity contribution in [3.8, 4) is 0 Å². The van der Waals surface area contributed by atoms with Crippen molar-refractivity contribution in [2.75, 3.05) is 71.3 Å². The first-order valence-corrected chi connectivity index (χ1v) is 18.0. The van der Waals surface area contributed by atoms with Crippen LogP contribution in [0.5, 0.6) is 0 Å². The van der Waals surface area contributed by atoms with Gasteiger partial charge in [-0.3, -0.25) is 9.69 Å². The highest BCUT2D eigenvalue weighted by Crippen LogP contribution is 2.30. The number of nitrogens with zero attached hydrogens (tertiary/aromatic N) is 6. The molecular formula is C37H50N8O4. The van der Waals surface area contributed by atoms with Crippen molar-refractivity contribution in [2.24, 2.45) is 0 Å². The molecule has 4 amide bonds. The van der Waals surface area contributed by atoms with Crippen LogP contribution in [0.25, 0.3) is 11.0 Å². The zero-order valence-corrected chi connectivity index (χ0v) is 29.1. The molecule has 2 atom stereocenters. The number of carbonyl (C=O) groups is 3. The van der Waals surface area contributed by atoms with E-state index in [4.69, 9.17) is 4.74 Å². The molecule has 0 saturated carbocycles. The first-order valence-electron chi connectivity index (χ1n) is 18.0. The molecule has 1 aromatic heterocycles. The van der Waals surface area contributed by atoms with E-state index in [-0.39, 0.29) is 23.9 Å². The number of likely N-dealkylation sites (tertiary alicyclic amines) is 2. The topological polar surface area (TPSA) is 117 Å². The fourth-order valence-electron chi connectivity index (χ4n) is 8.18. The summed E-state index contributed by atoms with van der Waals surface area (Å²) in [5.41, 5.74) is 5.74. The number of ether oxygens (including phenoxy) is 1. The van der Waals surface area contributed by atoms with Gasteiger partial charge in [0, 0.05) is 69.5 Å². The molecule has 3 saturated heterocycles. The average Bonchev–Trinajstić information content (AvgIpc) is 3.54. The smallest absolute Gasteiger partial charge is 0.410 e. The van der Waals surface area contributed by atoms with Gasteiger partial charge < -0.3 is 34.6 Å². The summed E-state index contributed by atoms with van der Waals surface area (Å²) in [6.07, 6.45) is 4.64. The van der Waals surface area contributed by atoms with E-state index in [1.165, 1.54) is 0 Å². The summed E-state index contributed by atoms with van der Waals surface area (Å²) in [5.74, 6) is -0.512. The number of hydrogen-bond acceptors (Lipinski definition) is 7. The monoisotopic (exact) mass is 670 g/mol. The van der Waals surface area contributed by atoms with Crippen molar-refractivity contribution >= 4 is 34.8 Å². The summed E-state index contributed by atoms with van der Waals surface area (Å²) in [5, 5.41) is 3.07. The van der Waals surface area contributed by atoms with Gasteiger partial charge in [0.25, 0.3) is 5.91 Å². The lowest BCUT2D eigenvalue weighted by molar-refractivity contribution is -0.144. The van der Waals surface area contributed by atoms with Gasteiger partial charge in [-0.15, -0.1) is 0 Å². The molecule has 2 unspecified atom stereocenters. The van der Waals surface area contributed by atoms with Crippen molar-refractivity contribution in [1.29, 1.82) is 0 Å². The van der Waals surface area contributed by atoms with Crippen molar-refractivity contribution in [1.82, 2.24) is 34.5 Å². The van der Waals surface area contributed by atoms with E-state index in [9.17, 15) is 14.4 Å². The van der Waals surface area contributed by atoms with E-state index in [2.05, 4.69) is 44.3 Å². The summed E-state index contributed by atoms with van der Waals surface area (Å²) >= 11 is 0. The molecule has 3 aromatic rings. The van der Waals surface area contributed by atoms with E-state index in [0.29, 0.717) is 51.6 Å². The number of aromatic nitrogens is 2. The number of para-hydroxylation sites is 1. The Morgan fingerprint density at radius 2 is 1.61 bits per heavy atom. The summed E-state index contributed by atoms with van der Waals surface area (Å²) in [4.78, 5) is 59.3. The quantitative estimate of drug-likeness (QED) is 0.403. The molecular weight excluding hydrogens is 620 g/mol. The SMILES string of the molecule is Cc1cc(C(C)C(OC(=O)N2CCC(N3CCc4ccccc4NC3=O)CC2)C(=O)N2CCN(C3CCN(C)CC3)CC2)cc2nc[nH]c12. The minimum absolute atomic E-state index is 0.0270. The molecule has 4 aliphatic rings. The minimum Gasteiger partial charge on any atom is -0.435 e. The molecule has 2 N–H and O–H groups in total. The second kappa shape index (κ2) is 14.4. The van der Waals surface area contributed by atoms with Gasteiger partial charge >= 0.3 is 12.1 Å². The van der Waals surface area contributed by atoms with Gasteiger partial charge in [0.15, 0.2) is 6.10 Å². The Bertz CT molecular complexity index is 1650. The molecule has 5 heterocycles. The molecule has 3 fully saturated rings. The Hall–Kier alpha value is -4.16. The Balaban J connectivity index is 1.02. The zero-order chi connectivity index (χ0) is 34.1. The maximum absolute atomic E-state index is 14.3. The number of piperazine rings is 1. The van der Waals surface area contributed by atoms with Crippen molar-refractivity contribution < 1.29 is 19.1 Å². The van der Waals surface area contributed by atoms with Gasteiger partial charge in [0.2, 0.25) is 0 Å². The number of aryl methyl sites for hydroxylation is 1. The lowest BCUT2D eigenvalue weighted by Gasteiger charge is -2.43. The lowest BCUT2D eigenvalue weighted by atomic mass is 9.92. The van der Waals surface area contributed by atoms with Gasteiger partial charge in [-0.2, -0.15) is 0 Å². The van der Waals surface area contributed by atoms with Gasteiger partial charge in [-0.1, -0.05) is 31.2 Å². The minimum atomic E-state index is -0.967. The van der Waals surface area contributed by atoms with Gasteiger partial charge in [0.05, 0.1) is 17.4 Å². The summed E-state index contributed by atoms with van der Waals surface area (Å²) in [6.45, 7) is 10.7. The summed E-state index contributed by atoms with van der Waals surface area (Å²) < 4.78 is 6.23. The van der Waals surface area contributed by atoms with Crippen molar-refractivity contribution in [3.05, 3.63) is 59.4 Å². The molecule has 7 rings (SSSR count). The Labute approximate surface area is 288 Å². The lowest BCUT2D eigenvalue weighted by Crippen LogP contribution is -2.57. The van der Waals surface area contributed by atoms with E-state index < -0.39 is 12.2 Å². The highest BCUT2D eigenvalue weighted by atomic mass is 16.6. The van der Waals surface area contributed by atoms with E-state index >= 15 is 0 Å². The largest absolute Gasteiger partial charge is 0.435 e. The molecule has 0 radical (unpaired) electrons. The highest BCUT2D eigenvalue weighted by molar-refractivity contribution is 5.91. The third-order valence-corrected chi connectivity index (χ3v) is 11.3. The number of hydrogen-bond donors (Lipinski definition) is 2. The molecule has 262 valence electrons. The standard InChI is InChI=1S/C37H50N8O4/c1-25-22-28(23-32-33(25)39-24-38-32)26(2)34(35(46)43-20-18-42(19-21-43)29-9-13-41(3)14-10-29)49-37(48)44-15-11-30(12-16-44)45-17-8-27-6-4-5-7-31(27)40-36(45)47/h4-7,22-24,26,29-30,34H,8-21H2,1-3H3,(H,38,39)(H,40,47). The zero-order valence-electron chi connectivity index (χ0n) is 29.1. The number of fused-ring (bicyclic) bond motifs is 2. The summed E-state index contributed by atoms with van der Waals surface area (Å²) in [6, 6.07) is 12.5. The molecule has 12 heteroatoms. The number of urea groups is 1. The molecule has 0 spiro atoms. The molecule has 0 bridgehead atoms. The van der Waals surface area contributed by atoms with Crippen LogP contribution in [0.3, 0.4) is 0 Å². The number of amides is 4. The summed E-state index contributed by atoms with van der Waals surface area (Å²) in [7, 11) is 2.18. The normalized spacial score (nSPS) is 21.6. The predicted octanol–water partition coefficient (Wildman–Crippen LogP) is 4.27. The fourth-order valence-corrected chi connectivity index (χ4v) is 8.18. The van der Waals surface area contributed by atoms with Crippen LogP contribution in [0.1, 0.15) is 55.2 Å². The van der Waals surface area contributed by atoms with Crippen LogP contribution >= 0.6 is 0 Å². The molecule has 2 aromatic carbocycles. The molecule has 12 nitrogen and oxygen atoms in total. The fraction of sp³-hybridized carbons (Fsp3) is 0.568. The number of imidazole rings is 1. The van der Waals surface area contributed by atoms with Crippen LogP contribution in [0.2, 0.25) is 0 Å². The van der Waals surface area contributed by atoms with Gasteiger partial charge in [-0.25, -0.2) is 14.6 Å². The number of anilines is 1. The van der Waals surface area contributed by atoms with Gasteiger partial charge in [0.1, 0.15) is 0 Å². The highest BCUT2D eigenvalue weighted by Gasteiger charge is 2.39. The van der Waals surface area contributed by atoms with E-state index in [0.717, 1.165) is 78.9 Å². The van der Waals surface area contributed by atoms with Crippen molar-refractivity contribution in [3.63, 3.8) is 0 Å². The third-order valence-electron chi connectivity index (χ3n) is 11.3. The van der Waals surface area contributed by atoms with Crippen LogP contribution in [0.15, 0.2) is 42.7 Å². The van der Waals surface area contributed by atoms with E-state index in [1.807, 2.05) is 47.9 Å². The Morgan fingerprint density at radius 1 is 0.898 bits per heavy atom. The average molecular weight is 671 g/mol. The third kappa shape index (κ3) is 7.12. The number of rotatable bonds is 6. The van der Waals surface area contributed by atoms with Crippen LogP contribution in [-0.2, 0) is 16.0 Å². The number of piperidine rings is 2.